The molecule has 0 atom stereocenters. The lowest BCUT2D eigenvalue weighted by Gasteiger charge is -2.07. The second-order valence-electron chi connectivity index (χ2n) is 12.0. The highest BCUT2D eigenvalue weighted by atomic mass is 35.5. The van der Waals surface area contributed by atoms with Gasteiger partial charge in [0.1, 0.15) is 0 Å². The average Bonchev–Trinajstić information content (AvgIpc) is 3.98. The Hall–Kier alpha value is -5.70. The van der Waals surface area contributed by atoms with Crippen molar-refractivity contribution in [2.24, 2.45) is 0 Å². The first-order chi connectivity index (χ1) is 23.8. The Kier molecular flexibility index (Phi) is 9.22. The van der Waals surface area contributed by atoms with Crippen molar-refractivity contribution in [2.45, 2.75) is 0 Å². The lowest BCUT2D eigenvalue weighted by Crippen LogP contribution is -1.89. The van der Waals surface area contributed by atoms with Gasteiger partial charge in [-0.15, -0.1) is 12.4 Å². The Balaban J connectivity index is 0.00000196. The lowest BCUT2D eigenvalue weighted by atomic mass is 10.0. The highest BCUT2D eigenvalue weighted by Gasteiger charge is 2.18. The molecule has 2 N–H and O–H groups in total. The van der Waals surface area contributed by atoms with Crippen LogP contribution in [0.4, 0.5) is 0 Å². The van der Waals surface area contributed by atoms with E-state index in [1.807, 2.05) is 24.3 Å². The summed E-state index contributed by atoms with van der Waals surface area (Å²) in [6, 6.07) is 50.7. The fourth-order valence-corrected chi connectivity index (χ4v) is 6.84. The van der Waals surface area contributed by atoms with E-state index < -0.39 is 0 Å². The first-order valence-electron chi connectivity index (χ1n) is 16.2. The van der Waals surface area contributed by atoms with Gasteiger partial charge in [0, 0.05) is 44.3 Å². The standard InChI is InChI=1S/C44H30N4.Al.ClH.3H/c1-5-13-29(14-6-1)41-33-21-23-35(45-33)42(30-15-7-2-8-16-30)37-25-27-39(47-37)44(32-19-11-4-12-20-32)40-28-26-38(48-40)43(31-17-9-3-10-18-31)36-24-22-34(41)46-36;;;;;/h1-28,45,48H;;1H;;;. The van der Waals surface area contributed by atoms with E-state index >= 15 is 0 Å². The number of fused-ring (bicyclic) bond motifs is 8. The van der Waals surface area contributed by atoms with Gasteiger partial charge >= 0.3 is 0 Å². The highest BCUT2D eigenvalue weighted by molar-refractivity contribution is 5.99. The van der Waals surface area contributed by atoms with E-state index in [0.29, 0.717) is 0 Å². The van der Waals surface area contributed by atoms with Gasteiger partial charge in [-0.3, -0.25) is 0 Å². The molecule has 8 bridgehead atoms. The summed E-state index contributed by atoms with van der Waals surface area (Å²) in [6.45, 7) is 0. The molecule has 0 unspecified atom stereocenters. The lowest BCUT2D eigenvalue weighted by molar-refractivity contribution is 1.31. The van der Waals surface area contributed by atoms with Crippen molar-refractivity contribution >= 4 is 76.1 Å². The Bertz CT molecular complexity index is 2190. The number of nitrogens with one attached hydrogen (secondary N) is 2. The van der Waals surface area contributed by atoms with E-state index in [0.717, 1.165) is 89.4 Å². The Labute approximate surface area is 307 Å². The number of halogens is 1. The summed E-state index contributed by atoms with van der Waals surface area (Å²) in [5.74, 6) is 0. The van der Waals surface area contributed by atoms with Crippen LogP contribution in [0.5, 0.6) is 0 Å². The molecule has 0 spiro atoms. The third kappa shape index (κ3) is 5.93. The quantitative estimate of drug-likeness (QED) is 0.182. The Morgan fingerprint density at radius 1 is 0.300 bits per heavy atom. The molecule has 4 nitrogen and oxygen atoms in total. The maximum Gasteiger partial charge on any atom is 0.187 e. The van der Waals surface area contributed by atoms with Gasteiger partial charge in [-0.2, -0.15) is 0 Å². The minimum atomic E-state index is 0. The van der Waals surface area contributed by atoms with Crippen molar-refractivity contribution in [3.63, 3.8) is 0 Å². The number of aromatic nitrogens is 4. The van der Waals surface area contributed by atoms with Crippen LogP contribution in [0.2, 0.25) is 0 Å². The maximum atomic E-state index is 5.35. The number of aromatic amines is 2. The average molecular weight is 681 g/mol. The van der Waals surface area contributed by atoms with Crippen LogP contribution >= 0.6 is 12.4 Å². The van der Waals surface area contributed by atoms with Gasteiger partial charge < -0.3 is 9.97 Å². The SMILES string of the molecule is C1=Cc2nc1c(-c1ccccc1)c1ccc([nH]1)c(-c1ccccc1)c1nc(c(-c3ccccc3)c3ccc([nH]3)c2-c2ccccc2)C=C1.Cl.[AlH3]. The molecule has 0 saturated heterocycles. The summed E-state index contributed by atoms with van der Waals surface area (Å²) < 4.78 is 0. The van der Waals surface area contributed by atoms with Crippen molar-refractivity contribution in [3.8, 4) is 44.5 Å². The molecule has 4 aromatic carbocycles. The fourth-order valence-electron chi connectivity index (χ4n) is 6.84. The van der Waals surface area contributed by atoms with Gasteiger partial charge in [0.15, 0.2) is 17.4 Å². The molecular weight excluding hydrogens is 647 g/mol. The summed E-state index contributed by atoms with van der Waals surface area (Å²) in [5.41, 5.74) is 16.2. The van der Waals surface area contributed by atoms with Gasteiger partial charge in [0.2, 0.25) is 0 Å². The maximum absolute atomic E-state index is 5.35. The molecule has 50 heavy (non-hydrogen) atoms. The normalized spacial score (nSPS) is 11.5. The number of hydrogen-bond donors (Lipinski definition) is 2. The molecule has 0 radical (unpaired) electrons. The van der Waals surface area contributed by atoms with Crippen LogP contribution < -0.4 is 0 Å². The number of H-pyrrole nitrogens is 2. The molecule has 0 aliphatic carbocycles. The summed E-state index contributed by atoms with van der Waals surface area (Å²) >= 11 is 0. The Morgan fingerprint density at radius 3 is 0.740 bits per heavy atom. The van der Waals surface area contributed by atoms with E-state index in [-0.39, 0.29) is 29.8 Å². The van der Waals surface area contributed by atoms with Gasteiger partial charge in [-0.1, -0.05) is 121 Å². The second-order valence-corrected chi connectivity index (χ2v) is 12.0. The smallest absolute Gasteiger partial charge is 0.187 e. The number of nitrogens with zero attached hydrogens (tertiary/aromatic N) is 2. The predicted octanol–water partition coefficient (Wildman–Crippen LogP) is 10.6. The molecule has 2 aliphatic rings. The van der Waals surface area contributed by atoms with Gasteiger partial charge in [0.05, 0.1) is 22.8 Å². The van der Waals surface area contributed by atoms with Crippen molar-refractivity contribution in [1.82, 2.24) is 19.9 Å². The zero-order valence-electron chi connectivity index (χ0n) is 26.5. The van der Waals surface area contributed by atoms with Crippen LogP contribution in [0.15, 0.2) is 146 Å². The largest absolute Gasteiger partial charge is 0.354 e. The third-order valence-electron chi connectivity index (χ3n) is 9.00. The molecule has 6 heteroatoms. The van der Waals surface area contributed by atoms with Crippen LogP contribution in [-0.4, -0.2) is 37.3 Å². The van der Waals surface area contributed by atoms with E-state index in [1.54, 1.807) is 0 Å². The summed E-state index contributed by atoms with van der Waals surface area (Å²) in [5, 5.41) is 0. The third-order valence-corrected chi connectivity index (χ3v) is 9.00. The second kappa shape index (κ2) is 14.0. The van der Waals surface area contributed by atoms with Crippen LogP contribution in [0.25, 0.3) is 90.9 Å². The van der Waals surface area contributed by atoms with Crippen LogP contribution in [0.3, 0.4) is 0 Å². The summed E-state index contributed by atoms with van der Waals surface area (Å²) in [7, 11) is 0. The minimum Gasteiger partial charge on any atom is -0.354 e. The zero-order chi connectivity index (χ0) is 31.9. The van der Waals surface area contributed by atoms with Crippen molar-refractivity contribution in [3.05, 3.63) is 168 Å². The van der Waals surface area contributed by atoms with E-state index in [4.69, 9.17) is 9.97 Å². The molecule has 2 aliphatic heterocycles. The zero-order valence-corrected chi connectivity index (χ0v) is 27.3. The monoisotopic (exact) mass is 680 g/mol. The first-order valence-corrected chi connectivity index (χ1v) is 16.2. The topological polar surface area (TPSA) is 57.4 Å². The molecule has 7 aromatic rings. The van der Waals surface area contributed by atoms with Gasteiger partial charge in [-0.25, -0.2) is 9.97 Å². The van der Waals surface area contributed by atoms with Crippen LogP contribution in [0.1, 0.15) is 22.8 Å². The van der Waals surface area contributed by atoms with Gasteiger partial charge in [-0.05, 0) is 70.8 Å². The molecule has 3 aromatic heterocycles. The summed E-state index contributed by atoms with van der Waals surface area (Å²) in [4.78, 5) is 18.3. The molecule has 240 valence electrons. The van der Waals surface area contributed by atoms with Crippen molar-refractivity contribution in [2.75, 3.05) is 0 Å². The number of benzene rings is 4. The van der Waals surface area contributed by atoms with Crippen LogP contribution in [0, 0.1) is 0 Å². The first kappa shape index (κ1) is 32.8. The van der Waals surface area contributed by atoms with Crippen molar-refractivity contribution < 1.29 is 0 Å². The van der Waals surface area contributed by atoms with Crippen LogP contribution in [-0.2, 0) is 0 Å². The van der Waals surface area contributed by atoms with E-state index in [1.165, 1.54) is 0 Å². The summed E-state index contributed by atoms with van der Waals surface area (Å²) in [6.07, 6.45) is 8.54. The molecule has 9 rings (SSSR count). The van der Waals surface area contributed by atoms with Gasteiger partial charge in [0.25, 0.3) is 0 Å². The number of hydrogen-bond acceptors (Lipinski definition) is 2. The van der Waals surface area contributed by atoms with Crippen molar-refractivity contribution in [1.29, 1.82) is 0 Å². The predicted molar refractivity (Wildman–Crippen MR) is 218 cm³/mol. The molecule has 0 amide bonds. The number of rotatable bonds is 4. The molecule has 5 heterocycles. The fraction of sp³-hybridized carbons (Fsp3) is 0. The van der Waals surface area contributed by atoms with E-state index in [9.17, 15) is 0 Å². The van der Waals surface area contributed by atoms with E-state index in [2.05, 4.69) is 156 Å². The molecular formula is C44H34AlClN4. The molecule has 0 fully saturated rings. The molecule has 0 saturated carbocycles. The minimum absolute atomic E-state index is 0. The Morgan fingerprint density at radius 2 is 0.520 bits per heavy atom. The highest BCUT2D eigenvalue weighted by Crippen LogP contribution is 2.38.